The Bertz CT molecular complexity index is 350. The van der Waals surface area contributed by atoms with Crippen molar-refractivity contribution in [2.45, 2.75) is 38.7 Å². The summed E-state index contributed by atoms with van der Waals surface area (Å²) in [5.41, 5.74) is 5.45. The van der Waals surface area contributed by atoms with Gasteiger partial charge < -0.3 is 10.5 Å². The number of carbonyl (C=O) groups is 1. The zero-order chi connectivity index (χ0) is 12.7. The van der Waals surface area contributed by atoms with Crippen LogP contribution in [0.1, 0.15) is 38.7 Å². The summed E-state index contributed by atoms with van der Waals surface area (Å²) in [6.45, 7) is 4.44. The smallest absolute Gasteiger partial charge is 0.254 e. The first-order valence-electron chi connectivity index (χ1n) is 6.16. The van der Waals surface area contributed by atoms with Crippen molar-refractivity contribution in [2.24, 2.45) is 5.73 Å². The van der Waals surface area contributed by atoms with E-state index < -0.39 is 11.5 Å². The summed E-state index contributed by atoms with van der Waals surface area (Å²) in [4.78, 5) is 11.8. The van der Waals surface area contributed by atoms with Crippen molar-refractivity contribution in [2.75, 3.05) is 6.61 Å². The van der Waals surface area contributed by atoms with Crippen LogP contribution in [0.15, 0.2) is 30.3 Å². The van der Waals surface area contributed by atoms with E-state index >= 15 is 0 Å². The lowest BCUT2D eigenvalue weighted by molar-refractivity contribution is -0.146. The van der Waals surface area contributed by atoms with Gasteiger partial charge in [-0.15, -0.1) is 0 Å². The number of primary amides is 1. The summed E-state index contributed by atoms with van der Waals surface area (Å²) in [5, 5.41) is 0. The molecule has 0 radical (unpaired) electrons. The molecular weight excluding hydrogens is 214 g/mol. The van der Waals surface area contributed by atoms with Crippen molar-refractivity contribution in [3.63, 3.8) is 0 Å². The van der Waals surface area contributed by atoms with E-state index in [1.165, 1.54) is 0 Å². The molecule has 0 bridgehead atoms. The maximum Gasteiger partial charge on any atom is 0.254 e. The Morgan fingerprint density at radius 3 is 2.41 bits per heavy atom. The minimum Gasteiger partial charge on any atom is -0.367 e. The molecule has 0 saturated carbocycles. The average Bonchev–Trinajstić information content (AvgIpc) is 2.35. The topological polar surface area (TPSA) is 52.3 Å². The number of rotatable bonds is 7. The Morgan fingerprint density at radius 2 is 1.94 bits per heavy atom. The van der Waals surface area contributed by atoms with Crippen molar-refractivity contribution in [1.29, 1.82) is 0 Å². The first-order chi connectivity index (χ1) is 8.17. The van der Waals surface area contributed by atoms with Crippen LogP contribution < -0.4 is 5.73 Å². The van der Waals surface area contributed by atoms with Crippen LogP contribution in [0.2, 0.25) is 0 Å². The predicted octanol–water partition coefficient (Wildman–Crippen LogP) is 2.59. The fourth-order valence-corrected chi connectivity index (χ4v) is 2.02. The summed E-state index contributed by atoms with van der Waals surface area (Å²) in [6.07, 6.45) is 2.56. The average molecular weight is 235 g/mol. The molecule has 0 heterocycles. The summed E-state index contributed by atoms with van der Waals surface area (Å²) in [6, 6.07) is 9.52. The second-order valence-electron chi connectivity index (χ2n) is 4.09. The monoisotopic (exact) mass is 235 g/mol. The maximum absolute atomic E-state index is 11.8. The summed E-state index contributed by atoms with van der Waals surface area (Å²) in [5.74, 6) is -0.404. The zero-order valence-corrected chi connectivity index (χ0v) is 10.6. The van der Waals surface area contributed by atoms with Crippen LogP contribution in [0, 0.1) is 0 Å². The van der Waals surface area contributed by atoms with Gasteiger partial charge in [0.15, 0.2) is 5.60 Å². The lowest BCUT2D eigenvalue weighted by Gasteiger charge is -2.31. The van der Waals surface area contributed by atoms with Crippen LogP contribution in [0.4, 0.5) is 0 Å². The van der Waals surface area contributed by atoms with E-state index in [2.05, 4.69) is 6.92 Å². The third kappa shape index (κ3) is 3.07. The van der Waals surface area contributed by atoms with Gasteiger partial charge in [0.25, 0.3) is 5.91 Å². The SMILES string of the molecule is CCCCC(OCC)(C(N)=O)c1ccccc1. The highest BCUT2D eigenvalue weighted by Crippen LogP contribution is 2.31. The molecule has 0 aliphatic rings. The van der Waals surface area contributed by atoms with E-state index in [4.69, 9.17) is 10.5 Å². The number of hydrogen-bond acceptors (Lipinski definition) is 2. The number of ether oxygens (including phenoxy) is 1. The highest BCUT2D eigenvalue weighted by atomic mass is 16.5. The van der Waals surface area contributed by atoms with Gasteiger partial charge in [0.05, 0.1) is 0 Å². The fourth-order valence-electron chi connectivity index (χ4n) is 2.02. The summed E-state index contributed by atoms with van der Waals surface area (Å²) < 4.78 is 5.70. The quantitative estimate of drug-likeness (QED) is 0.789. The van der Waals surface area contributed by atoms with Gasteiger partial charge in [0, 0.05) is 6.61 Å². The first kappa shape index (κ1) is 13.7. The summed E-state index contributed by atoms with van der Waals surface area (Å²) in [7, 11) is 0. The largest absolute Gasteiger partial charge is 0.367 e. The minimum atomic E-state index is -0.966. The fraction of sp³-hybridized carbons (Fsp3) is 0.500. The van der Waals surface area contributed by atoms with Gasteiger partial charge >= 0.3 is 0 Å². The molecule has 1 aromatic rings. The van der Waals surface area contributed by atoms with Gasteiger partial charge in [-0.25, -0.2) is 0 Å². The van der Waals surface area contributed by atoms with Crippen LogP contribution in [-0.4, -0.2) is 12.5 Å². The molecular formula is C14H21NO2. The second-order valence-corrected chi connectivity index (χ2v) is 4.09. The van der Waals surface area contributed by atoms with Crippen LogP contribution in [-0.2, 0) is 15.1 Å². The molecule has 0 aliphatic carbocycles. The van der Waals surface area contributed by atoms with Crippen LogP contribution in [0.25, 0.3) is 0 Å². The molecule has 1 unspecified atom stereocenters. The molecule has 94 valence electrons. The number of carbonyl (C=O) groups excluding carboxylic acids is 1. The highest BCUT2D eigenvalue weighted by Gasteiger charge is 2.38. The molecule has 17 heavy (non-hydrogen) atoms. The molecule has 3 nitrogen and oxygen atoms in total. The number of amides is 1. The van der Waals surface area contributed by atoms with Crippen molar-refractivity contribution in [3.8, 4) is 0 Å². The molecule has 0 fully saturated rings. The molecule has 0 aromatic heterocycles. The van der Waals surface area contributed by atoms with Crippen molar-refractivity contribution < 1.29 is 9.53 Å². The Morgan fingerprint density at radius 1 is 1.29 bits per heavy atom. The Balaban J connectivity index is 3.10. The van der Waals surface area contributed by atoms with Gasteiger partial charge in [-0.1, -0.05) is 43.7 Å². The normalized spacial score (nSPS) is 14.2. The van der Waals surface area contributed by atoms with Gasteiger partial charge in [-0.2, -0.15) is 0 Å². The first-order valence-corrected chi connectivity index (χ1v) is 6.16. The molecule has 2 N–H and O–H groups in total. The third-order valence-electron chi connectivity index (χ3n) is 2.91. The molecule has 1 aromatic carbocycles. The number of hydrogen-bond donors (Lipinski definition) is 1. The second kappa shape index (κ2) is 6.40. The number of unbranched alkanes of at least 4 members (excludes halogenated alkanes) is 1. The molecule has 3 heteroatoms. The van der Waals surface area contributed by atoms with E-state index in [9.17, 15) is 4.79 Å². The standard InChI is InChI=1S/C14H21NO2/c1-3-5-11-14(13(15)16,17-4-2)12-9-7-6-8-10-12/h6-10H,3-5,11H2,1-2H3,(H2,15,16). The minimum absolute atomic E-state index is 0.404. The highest BCUT2D eigenvalue weighted by molar-refractivity contribution is 5.85. The third-order valence-corrected chi connectivity index (χ3v) is 2.91. The number of nitrogens with two attached hydrogens (primary N) is 1. The maximum atomic E-state index is 11.8. The van der Waals surface area contributed by atoms with Crippen LogP contribution in [0.3, 0.4) is 0 Å². The van der Waals surface area contributed by atoms with E-state index in [0.717, 1.165) is 18.4 Å². The van der Waals surface area contributed by atoms with Crippen molar-refractivity contribution >= 4 is 5.91 Å². The lowest BCUT2D eigenvalue weighted by atomic mass is 9.87. The van der Waals surface area contributed by atoms with E-state index in [-0.39, 0.29) is 0 Å². The van der Waals surface area contributed by atoms with Gasteiger partial charge in [-0.05, 0) is 25.3 Å². The Hall–Kier alpha value is -1.35. The molecule has 0 saturated heterocycles. The van der Waals surface area contributed by atoms with E-state index in [0.29, 0.717) is 13.0 Å². The van der Waals surface area contributed by atoms with Gasteiger partial charge in [0.2, 0.25) is 0 Å². The Labute approximate surface area is 103 Å². The van der Waals surface area contributed by atoms with Crippen LogP contribution in [0.5, 0.6) is 0 Å². The lowest BCUT2D eigenvalue weighted by Crippen LogP contribution is -2.43. The molecule has 1 atom stereocenters. The molecule has 0 aliphatic heterocycles. The molecule has 1 amide bonds. The Kier molecular flexibility index (Phi) is 5.16. The predicted molar refractivity (Wildman–Crippen MR) is 68.5 cm³/mol. The van der Waals surface area contributed by atoms with Crippen molar-refractivity contribution in [1.82, 2.24) is 0 Å². The van der Waals surface area contributed by atoms with E-state index in [1.807, 2.05) is 37.3 Å². The van der Waals surface area contributed by atoms with Gasteiger partial charge in [0.1, 0.15) is 0 Å². The zero-order valence-electron chi connectivity index (χ0n) is 10.6. The molecule has 1 rings (SSSR count). The van der Waals surface area contributed by atoms with E-state index in [1.54, 1.807) is 0 Å². The van der Waals surface area contributed by atoms with Crippen molar-refractivity contribution in [3.05, 3.63) is 35.9 Å². The molecule has 0 spiro atoms. The van der Waals surface area contributed by atoms with Gasteiger partial charge in [-0.3, -0.25) is 4.79 Å². The van der Waals surface area contributed by atoms with Crippen LogP contribution >= 0.6 is 0 Å². The summed E-state index contributed by atoms with van der Waals surface area (Å²) >= 11 is 0. The number of benzene rings is 1.